The van der Waals surface area contributed by atoms with Gasteiger partial charge in [0.1, 0.15) is 10.8 Å². The van der Waals surface area contributed by atoms with Gasteiger partial charge < -0.3 is 9.30 Å². The summed E-state index contributed by atoms with van der Waals surface area (Å²) in [6, 6.07) is 8.12. The van der Waals surface area contributed by atoms with Crippen molar-refractivity contribution < 1.29 is 9.53 Å². The molecule has 0 aliphatic heterocycles. The summed E-state index contributed by atoms with van der Waals surface area (Å²) in [5, 5.41) is 21.3. The van der Waals surface area contributed by atoms with Crippen LogP contribution in [0.5, 0.6) is 5.75 Å². The fourth-order valence-corrected chi connectivity index (χ4v) is 4.24. The van der Waals surface area contributed by atoms with Crippen LogP contribution in [0.2, 0.25) is 0 Å². The summed E-state index contributed by atoms with van der Waals surface area (Å²) in [6.45, 7) is 10.5. The number of rotatable bonds is 8. The third-order valence-corrected chi connectivity index (χ3v) is 6.62. The number of ether oxygens (including phenoxy) is 1. The van der Waals surface area contributed by atoms with E-state index >= 15 is 0 Å². The molecule has 0 bridgehead atoms. The molecule has 3 aromatic rings. The van der Waals surface area contributed by atoms with E-state index in [0.717, 1.165) is 17.2 Å². The molecule has 2 heterocycles. The molecule has 2 aromatic heterocycles. The lowest BCUT2D eigenvalue weighted by atomic mass is 9.87. The molecule has 1 aromatic carbocycles. The van der Waals surface area contributed by atoms with E-state index in [0.29, 0.717) is 16.1 Å². The smallest absolute Gasteiger partial charge is 0.236 e. The van der Waals surface area contributed by atoms with E-state index in [2.05, 4.69) is 58.6 Å². The summed E-state index contributed by atoms with van der Waals surface area (Å²) in [5.41, 5.74) is 1.35. The van der Waals surface area contributed by atoms with E-state index in [9.17, 15) is 4.79 Å². The number of nitrogens with one attached hydrogen (secondary N) is 1. The van der Waals surface area contributed by atoms with Crippen LogP contribution in [0.4, 0.5) is 5.13 Å². The standard InChI is InChI=1S/C21H28N6O2S2/c1-7-17-23-25-19(31-17)22-16(28)12-30-20-26-24-18(27(20)6)13(2)29-15-10-8-14(9-11-15)21(3,4)5/h8-11,13H,7,12H2,1-6H3,(H,22,25,28). The Kier molecular flexibility index (Phi) is 7.32. The number of aryl methyl sites for hydroxylation is 1. The quantitative estimate of drug-likeness (QED) is 0.498. The van der Waals surface area contributed by atoms with E-state index in [1.165, 1.54) is 28.7 Å². The van der Waals surface area contributed by atoms with Crippen molar-refractivity contribution in [3.05, 3.63) is 40.7 Å². The Morgan fingerprint density at radius 1 is 1.19 bits per heavy atom. The molecule has 1 atom stereocenters. The average molecular weight is 461 g/mol. The Hall–Kier alpha value is -2.46. The fourth-order valence-electron chi connectivity index (χ4n) is 2.83. The highest BCUT2D eigenvalue weighted by Gasteiger charge is 2.19. The molecule has 10 heteroatoms. The Balaban J connectivity index is 1.56. The summed E-state index contributed by atoms with van der Waals surface area (Å²) in [5.74, 6) is 1.52. The number of nitrogens with zero attached hydrogens (tertiary/aromatic N) is 5. The number of thioether (sulfide) groups is 1. The van der Waals surface area contributed by atoms with Crippen LogP contribution in [0, 0.1) is 0 Å². The molecule has 0 saturated heterocycles. The van der Waals surface area contributed by atoms with Gasteiger partial charge in [-0.1, -0.05) is 62.9 Å². The van der Waals surface area contributed by atoms with Crippen molar-refractivity contribution in [3.63, 3.8) is 0 Å². The SMILES string of the molecule is CCc1nnc(NC(=O)CSc2nnc(C(C)Oc3ccc(C(C)(C)C)cc3)n2C)s1. The maximum Gasteiger partial charge on any atom is 0.236 e. The third-order valence-electron chi connectivity index (χ3n) is 4.61. The predicted octanol–water partition coefficient (Wildman–Crippen LogP) is 4.40. The number of aromatic nitrogens is 5. The first kappa shape index (κ1) is 23.2. The van der Waals surface area contributed by atoms with Gasteiger partial charge in [0.05, 0.1) is 5.75 Å². The maximum atomic E-state index is 12.2. The van der Waals surface area contributed by atoms with Gasteiger partial charge in [0.25, 0.3) is 0 Å². The predicted molar refractivity (Wildman–Crippen MR) is 124 cm³/mol. The fraction of sp³-hybridized carbons (Fsp3) is 0.476. The van der Waals surface area contributed by atoms with Gasteiger partial charge in [-0.15, -0.1) is 20.4 Å². The van der Waals surface area contributed by atoms with Crippen LogP contribution in [0.3, 0.4) is 0 Å². The lowest BCUT2D eigenvalue weighted by molar-refractivity contribution is -0.113. The molecule has 0 fully saturated rings. The molecular weight excluding hydrogens is 432 g/mol. The minimum absolute atomic E-state index is 0.0977. The van der Waals surface area contributed by atoms with Crippen LogP contribution < -0.4 is 10.1 Å². The Morgan fingerprint density at radius 3 is 2.52 bits per heavy atom. The molecule has 8 nitrogen and oxygen atoms in total. The normalized spacial score (nSPS) is 12.6. The molecule has 0 aliphatic rings. The van der Waals surface area contributed by atoms with Crippen molar-refractivity contribution in [2.24, 2.45) is 7.05 Å². The number of carbonyl (C=O) groups is 1. The number of hydrogen-bond acceptors (Lipinski definition) is 8. The monoisotopic (exact) mass is 460 g/mol. The molecular formula is C21H28N6O2S2. The highest BCUT2D eigenvalue weighted by molar-refractivity contribution is 7.99. The molecule has 3 rings (SSSR count). The maximum absolute atomic E-state index is 12.2. The Labute approximate surface area is 190 Å². The molecule has 1 amide bonds. The number of benzene rings is 1. The van der Waals surface area contributed by atoms with Crippen LogP contribution in [-0.2, 0) is 23.7 Å². The van der Waals surface area contributed by atoms with Gasteiger partial charge in [0.2, 0.25) is 11.0 Å². The highest BCUT2D eigenvalue weighted by Crippen LogP contribution is 2.27. The van der Waals surface area contributed by atoms with Gasteiger partial charge in [-0.05, 0) is 36.5 Å². The molecule has 1 unspecified atom stereocenters. The minimum atomic E-state index is -0.282. The molecule has 31 heavy (non-hydrogen) atoms. The lowest BCUT2D eigenvalue weighted by Gasteiger charge is -2.20. The van der Waals surface area contributed by atoms with E-state index in [1.54, 1.807) is 0 Å². The molecule has 166 valence electrons. The van der Waals surface area contributed by atoms with Crippen LogP contribution in [0.25, 0.3) is 0 Å². The van der Waals surface area contributed by atoms with Crippen molar-refractivity contribution in [2.75, 3.05) is 11.1 Å². The average Bonchev–Trinajstić information content (AvgIpc) is 3.32. The van der Waals surface area contributed by atoms with Crippen LogP contribution >= 0.6 is 23.1 Å². The van der Waals surface area contributed by atoms with E-state index in [1.807, 2.05) is 37.6 Å². The van der Waals surface area contributed by atoms with Gasteiger partial charge in [0.15, 0.2) is 17.1 Å². The van der Waals surface area contributed by atoms with Gasteiger partial charge in [-0.2, -0.15) is 0 Å². The Bertz CT molecular complexity index is 1020. The number of hydrogen-bond donors (Lipinski definition) is 1. The second kappa shape index (κ2) is 9.78. The highest BCUT2D eigenvalue weighted by atomic mass is 32.2. The van der Waals surface area contributed by atoms with Gasteiger partial charge >= 0.3 is 0 Å². The third kappa shape index (κ3) is 6.04. The van der Waals surface area contributed by atoms with Crippen molar-refractivity contribution in [1.82, 2.24) is 25.0 Å². The van der Waals surface area contributed by atoms with Gasteiger partial charge in [0, 0.05) is 7.05 Å². The first-order chi connectivity index (χ1) is 14.7. The molecule has 0 saturated carbocycles. The zero-order valence-electron chi connectivity index (χ0n) is 18.7. The summed E-state index contributed by atoms with van der Waals surface area (Å²) in [4.78, 5) is 12.2. The van der Waals surface area contributed by atoms with E-state index in [-0.39, 0.29) is 23.2 Å². The minimum Gasteiger partial charge on any atom is -0.483 e. The second-order valence-electron chi connectivity index (χ2n) is 8.13. The second-order valence-corrected chi connectivity index (χ2v) is 10.1. The number of anilines is 1. The van der Waals surface area contributed by atoms with E-state index in [4.69, 9.17) is 4.74 Å². The lowest BCUT2D eigenvalue weighted by Crippen LogP contribution is -2.14. The molecule has 0 aliphatic carbocycles. The molecule has 1 N–H and O–H groups in total. The first-order valence-corrected chi connectivity index (χ1v) is 11.9. The van der Waals surface area contributed by atoms with Crippen molar-refractivity contribution in [1.29, 1.82) is 0 Å². The van der Waals surface area contributed by atoms with Crippen molar-refractivity contribution >= 4 is 34.1 Å². The number of amides is 1. The zero-order valence-corrected chi connectivity index (χ0v) is 20.3. The van der Waals surface area contributed by atoms with Gasteiger partial charge in [-0.3, -0.25) is 10.1 Å². The summed E-state index contributed by atoms with van der Waals surface area (Å²) < 4.78 is 7.91. The van der Waals surface area contributed by atoms with Crippen molar-refractivity contribution in [3.8, 4) is 5.75 Å². The first-order valence-electron chi connectivity index (χ1n) is 10.1. The Morgan fingerprint density at radius 2 is 1.90 bits per heavy atom. The van der Waals surface area contributed by atoms with Crippen LogP contribution in [-0.4, -0.2) is 36.6 Å². The summed E-state index contributed by atoms with van der Waals surface area (Å²) in [7, 11) is 1.87. The van der Waals surface area contributed by atoms with Gasteiger partial charge in [-0.25, -0.2) is 0 Å². The summed E-state index contributed by atoms with van der Waals surface area (Å²) >= 11 is 2.70. The molecule has 0 spiro atoms. The summed E-state index contributed by atoms with van der Waals surface area (Å²) in [6.07, 6.45) is 0.514. The van der Waals surface area contributed by atoms with Crippen molar-refractivity contribution in [2.45, 2.75) is 57.7 Å². The van der Waals surface area contributed by atoms with E-state index < -0.39 is 0 Å². The van der Waals surface area contributed by atoms with Crippen LogP contribution in [0.1, 0.15) is 57.1 Å². The largest absolute Gasteiger partial charge is 0.483 e. The zero-order chi connectivity index (χ0) is 22.6. The molecule has 0 radical (unpaired) electrons. The van der Waals surface area contributed by atoms with Crippen LogP contribution in [0.15, 0.2) is 29.4 Å². The number of carbonyl (C=O) groups excluding carboxylic acids is 1. The topological polar surface area (TPSA) is 94.8 Å².